The lowest BCUT2D eigenvalue weighted by molar-refractivity contribution is -0.941. The van der Waals surface area contributed by atoms with E-state index in [0.29, 0.717) is 12.0 Å². The van der Waals surface area contributed by atoms with Crippen molar-refractivity contribution in [2.24, 2.45) is 5.92 Å². The molecule has 3 aliphatic heterocycles. The second-order valence-corrected chi connectivity index (χ2v) is 8.33. The van der Waals surface area contributed by atoms with Crippen LogP contribution in [0.5, 0.6) is 0 Å². The third-order valence-electron chi connectivity index (χ3n) is 7.53. The Kier molecular flexibility index (Phi) is 3.12. The van der Waals surface area contributed by atoms with Crippen molar-refractivity contribution in [2.75, 3.05) is 25.0 Å². The highest BCUT2D eigenvalue weighted by Crippen LogP contribution is 2.63. The van der Waals surface area contributed by atoms with Crippen molar-refractivity contribution < 1.29 is 9.28 Å². The average molecular weight is 335 g/mol. The summed E-state index contributed by atoms with van der Waals surface area (Å²) in [5.41, 5.74) is 6.44. The highest BCUT2D eigenvalue weighted by Gasteiger charge is 2.68. The number of quaternary nitrogens is 1. The standard InChI is InChI=1S/C22H26N2O/c1-3-10-24-11-9-22-18-7-5-6-8-19(18)23-21(22)17(14-25)16(12-20(22)24)15(4-2)13-24/h4-8,14,16,20H,3,9-13H2,1-2H3/p+1/b15-4-/t16-,20+,22-,24-/m0/s1. The van der Waals surface area contributed by atoms with E-state index in [1.54, 1.807) is 0 Å². The molecule has 0 saturated carbocycles. The van der Waals surface area contributed by atoms with Gasteiger partial charge in [-0.1, -0.05) is 31.2 Å². The lowest BCUT2D eigenvalue weighted by Crippen LogP contribution is -2.63. The van der Waals surface area contributed by atoms with Crippen LogP contribution in [-0.4, -0.2) is 36.4 Å². The van der Waals surface area contributed by atoms with Gasteiger partial charge in [0.1, 0.15) is 18.9 Å². The van der Waals surface area contributed by atoms with Crippen LogP contribution in [0.25, 0.3) is 0 Å². The number of rotatable bonds is 3. The minimum atomic E-state index is 0.0395. The zero-order chi connectivity index (χ0) is 17.2. The van der Waals surface area contributed by atoms with Crippen LogP contribution in [0.4, 0.5) is 5.69 Å². The summed E-state index contributed by atoms with van der Waals surface area (Å²) in [6.45, 7) is 8.08. The van der Waals surface area contributed by atoms with Gasteiger partial charge in [-0.3, -0.25) is 4.79 Å². The van der Waals surface area contributed by atoms with Crippen LogP contribution in [0.3, 0.4) is 0 Å². The van der Waals surface area contributed by atoms with Crippen LogP contribution >= 0.6 is 0 Å². The highest BCUT2D eigenvalue weighted by atomic mass is 16.1. The molecular formula is C22H27N2O+. The smallest absolute Gasteiger partial charge is 0.148 e. The summed E-state index contributed by atoms with van der Waals surface area (Å²) < 4.78 is 1.22. The molecule has 1 aromatic rings. The monoisotopic (exact) mass is 335 g/mol. The topological polar surface area (TPSA) is 29.1 Å². The molecule has 0 amide bonds. The summed E-state index contributed by atoms with van der Waals surface area (Å²) >= 11 is 0. The van der Waals surface area contributed by atoms with Crippen LogP contribution in [0, 0.1) is 5.92 Å². The van der Waals surface area contributed by atoms with Gasteiger partial charge in [-0.15, -0.1) is 0 Å². The predicted molar refractivity (Wildman–Crippen MR) is 100 cm³/mol. The molecule has 2 saturated heterocycles. The summed E-state index contributed by atoms with van der Waals surface area (Å²) in [6.07, 6.45) is 6.96. The number of hydrogen-bond acceptors (Lipinski definition) is 2. The number of carbonyl (C=O) groups excluding carboxylic acids is 1. The summed E-state index contributed by atoms with van der Waals surface area (Å²) in [5.74, 6) is 0.318. The molecule has 0 radical (unpaired) electrons. The van der Waals surface area contributed by atoms with Crippen molar-refractivity contribution in [2.45, 2.75) is 44.6 Å². The molecule has 3 heterocycles. The van der Waals surface area contributed by atoms with Gasteiger partial charge < -0.3 is 9.80 Å². The van der Waals surface area contributed by atoms with Gasteiger partial charge in [-0.05, 0) is 30.5 Å². The van der Waals surface area contributed by atoms with Gasteiger partial charge in [0.05, 0.1) is 18.5 Å². The molecule has 3 heteroatoms. The summed E-state index contributed by atoms with van der Waals surface area (Å²) in [7, 11) is 0. The predicted octanol–water partition coefficient (Wildman–Crippen LogP) is 3.78. The third-order valence-corrected chi connectivity index (χ3v) is 7.53. The number of allylic oxidation sites excluding steroid dienone is 2. The Hall–Kier alpha value is -1.87. The van der Waals surface area contributed by atoms with Crippen LogP contribution in [0.15, 0.2) is 47.2 Å². The van der Waals surface area contributed by atoms with Gasteiger partial charge in [0.15, 0.2) is 0 Å². The number of piperidine rings is 1. The maximum atomic E-state index is 12.2. The summed E-state index contributed by atoms with van der Waals surface area (Å²) in [4.78, 5) is 12.2. The zero-order valence-electron chi connectivity index (χ0n) is 15.2. The van der Waals surface area contributed by atoms with E-state index in [9.17, 15) is 4.79 Å². The van der Waals surface area contributed by atoms with E-state index in [1.165, 1.54) is 46.5 Å². The SMILES string of the molecule is C/C=C1/C[N@+]2(CCC)CC[C@@]34C(=C(C=O)[C@H]1C[C@H]32)Nc1ccccc14. The van der Waals surface area contributed by atoms with Gasteiger partial charge in [-0.25, -0.2) is 0 Å². The molecule has 4 atom stereocenters. The number of nitrogens with zero attached hydrogens (tertiary/aromatic N) is 1. The van der Waals surface area contributed by atoms with Gasteiger partial charge in [0, 0.05) is 35.7 Å². The van der Waals surface area contributed by atoms with Crippen molar-refractivity contribution >= 4 is 12.0 Å². The summed E-state index contributed by atoms with van der Waals surface area (Å²) in [6, 6.07) is 9.36. The van der Waals surface area contributed by atoms with E-state index in [0.717, 1.165) is 31.2 Å². The minimum Gasteiger partial charge on any atom is -0.357 e. The first kappa shape index (κ1) is 15.4. The fraction of sp³-hybridized carbons (Fsp3) is 0.500. The lowest BCUT2D eigenvalue weighted by Gasteiger charge is -2.53. The largest absolute Gasteiger partial charge is 0.357 e. The van der Waals surface area contributed by atoms with Gasteiger partial charge in [0.2, 0.25) is 0 Å². The minimum absolute atomic E-state index is 0.0395. The van der Waals surface area contributed by atoms with Crippen molar-refractivity contribution in [1.29, 1.82) is 0 Å². The Labute approximate surface area is 150 Å². The normalized spacial score (nSPS) is 39.2. The molecular weight excluding hydrogens is 308 g/mol. The fourth-order valence-electron chi connectivity index (χ4n) is 6.68. The van der Waals surface area contributed by atoms with E-state index in [1.807, 2.05) is 0 Å². The number of nitrogens with one attached hydrogen (secondary N) is 1. The molecule has 1 N–H and O–H groups in total. The molecule has 25 heavy (non-hydrogen) atoms. The van der Waals surface area contributed by atoms with E-state index in [2.05, 4.69) is 49.5 Å². The number of carbonyl (C=O) groups is 1. The molecule has 3 nitrogen and oxygen atoms in total. The first-order valence-corrected chi connectivity index (χ1v) is 9.77. The first-order valence-electron chi connectivity index (χ1n) is 9.77. The maximum absolute atomic E-state index is 12.2. The quantitative estimate of drug-likeness (QED) is 0.517. The van der Waals surface area contributed by atoms with E-state index in [4.69, 9.17) is 0 Å². The molecule has 1 aliphatic carbocycles. The van der Waals surface area contributed by atoms with Gasteiger partial charge in [-0.2, -0.15) is 0 Å². The lowest BCUT2D eigenvalue weighted by atomic mass is 9.61. The fourth-order valence-corrected chi connectivity index (χ4v) is 6.68. The zero-order valence-corrected chi connectivity index (χ0v) is 15.2. The Morgan fingerprint density at radius 3 is 2.96 bits per heavy atom. The molecule has 4 aliphatic rings. The highest BCUT2D eigenvalue weighted by molar-refractivity contribution is 5.84. The number of benzene rings is 1. The van der Waals surface area contributed by atoms with E-state index < -0.39 is 0 Å². The van der Waals surface area contributed by atoms with Gasteiger partial charge >= 0.3 is 0 Å². The molecule has 130 valence electrons. The molecule has 0 aromatic heterocycles. The van der Waals surface area contributed by atoms with Crippen molar-refractivity contribution in [1.82, 2.24) is 0 Å². The van der Waals surface area contributed by atoms with Crippen LogP contribution in [-0.2, 0) is 10.2 Å². The second kappa shape index (κ2) is 5.07. The van der Waals surface area contributed by atoms with E-state index in [-0.39, 0.29) is 5.41 Å². The molecule has 2 bridgehead atoms. The second-order valence-electron chi connectivity index (χ2n) is 8.33. The first-order chi connectivity index (χ1) is 12.2. The number of fused-ring (bicyclic) bond motifs is 2. The van der Waals surface area contributed by atoms with Crippen LogP contribution in [0.2, 0.25) is 0 Å². The van der Waals surface area contributed by atoms with E-state index >= 15 is 0 Å². The van der Waals surface area contributed by atoms with Gasteiger partial charge in [0.25, 0.3) is 0 Å². The Bertz CT molecular complexity index is 823. The number of hydrogen-bond donors (Lipinski definition) is 1. The van der Waals surface area contributed by atoms with Crippen molar-refractivity contribution in [3.63, 3.8) is 0 Å². The molecule has 1 aromatic carbocycles. The molecule has 0 unspecified atom stereocenters. The van der Waals surface area contributed by atoms with Crippen molar-refractivity contribution in [3.8, 4) is 0 Å². The Morgan fingerprint density at radius 1 is 1.36 bits per heavy atom. The van der Waals surface area contributed by atoms with Crippen LogP contribution in [0.1, 0.15) is 38.7 Å². The third kappa shape index (κ3) is 1.68. The summed E-state index contributed by atoms with van der Waals surface area (Å²) in [5, 5.41) is 3.70. The maximum Gasteiger partial charge on any atom is 0.148 e. The number of aldehydes is 1. The number of anilines is 1. The Morgan fingerprint density at radius 2 is 2.20 bits per heavy atom. The molecule has 2 fully saturated rings. The average Bonchev–Trinajstić information content (AvgIpc) is 3.16. The molecule has 1 spiro atoms. The van der Waals surface area contributed by atoms with Crippen LogP contribution < -0.4 is 5.32 Å². The Balaban J connectivity index is 1.81. The molecule has 5 rings (SSSR count). The number of para-hydroxylation sites is 1. The van der Waals surface area contributed by atoms with Crippen molar-refractivity contribution in [3.05, 3.63) is 52.7 Å².